The quantitative estimate of drug-likeness (QED) is 0.479. The number of aliphatic carboxylic acids is 1. The molecule has 1 aliphatic heterocycles. The molecule has 4 N–H and O–H groups in total. The van der Waals surface area contributed by atoms with E-state index in [2.05, 4.69) is 12.2 Å². The Labute approximate surface area is 64.4 Å². The van der Waals surface area contributed by atoms with Crippen molar-refractivity contribution in [3.8, 4) is 0 Å². The van der Waals surface area contributed by atoms with Crippen LogP contribution >= 0.6 is 0 Å². The van der Waals surface area contributed by atoms with Crippen LogP contribution in [-0.4, -0.2) is 16.7 Å². The van der Waals surface area contributed by atoms with Gasteiger partial charge in [-0.2, -0.15) is 0 Å². The standard InChI is InChI=1S/C7H9N2O2/c1-7(8)5(6(10)11)3-2-4-9-7/h2-4,9H,1,8H2,(H,10,11). The van der Waals surface area contributed by atoms with Gasteiger partial charge in [-0.3, -0.25) is 0 Å². The predicted octanol–water partition coefficient (Wildman–Crippen LogP) is -0.397. The van der Waals surface area contributed by atoms with Crippen molar-refractivity contribution < 1.29 is 9.90 Å². The largest absolute Gasteiger partial charge is 0.478 e. The molecule has 0 aromatic heterocycles. The second kappa shape index (κ2) is 2.39. The molecule has 0 aromatic carbocycles. The lowest BCUT2D eigenvalue weighted by molar-refractivity contribution is -0.133. The van der Waals surface area contributed by atoms with E-state index in [0.717, 1.165) is 0 Å². The van der Waals surface area contributed by atoms with E-state index < -0.39 is 11.6 Å². The Morgan fingerprint density at radius 2 is 2.45 bits per heavy atom. The highest BCUT2D eigenvalue weighted by Gasteiger charge is 2.28. The molecule has 0 saturated carbocycles. The molecule has 0 saturated heterocycles. The lowest BCUT2D eigenvalue weighted by atomic mass is 10.0. The molecule has 59 valence electrons. The minimum Gasteiger partial charge on any atom is -0.478 e. The first-order valence-electron chi connectivity index (χ1n) is 3.06. The number of allylic oxidation sites excluding steroid dienone is 2. The summed E-state index contributed by atoms with van der Waals surface area (Å²) < 4.78 is 0. The summed E-state index contributed by atoms with van der Waals surface area (Å²) >= 11 is 0. The van der Waals surface area contributed by atoms with Crippen LogP contribution in [0.2, 0.25) is 0 Å². The molecule has 0 aromatic rings. The van der Waals surface area contributed by atoms with Crippen LogP contribution in [0.5, 0.6) is 0 Å². The molecule has 11 heavy (non-hydrogen) atoms. The number of carboxylic acids is 1. The zero-order valence-corrected chi connectivity index (χ0v) is 5.87. The number of rotatable bonds is 1. The third-order valence-corrected chi connectivity index (χ3v) is 1.41. The van der Waals surface area contributed by atoms with Gasteiger partial charge in [-0.05, 0) is 25.3 Å². The Hall–Kier alpha value is -1.29. The van der Waals surface area contributed by atoms with Gasteiger partial charge >= 0.3 is 5.97 Å². The van der Waals surface area contributed by atoms with Crippen molar-refractivity contribution in [2.24, 2.45) is 5.73 Å². The van der Waals surface area contributed by atoms with Gasteiger partial charge in [0.1, 0.15) is 5.66 Å². The van der Waals surface area contributed by atoms with Crippen LogP contribution in [0.25, 0.3) is 0 Å². The van der Waals surface area contributed by atoms with Crippen molar-refractivity contribution >= 4 is 5.97 Å². The number of carbonyl (C=O) groups is 1. The fourth-order valence-corrected chi connectivity index (χ4v) is 0.830. The third kappa shape index (κ3) is 1.40. The second-order valence-corrected chi connectivity index (χ2v) is 2.36. The fraction of sp³-hybridized carbons (Fsp3) is 0.143. The Morgan fingerprint density at radius 3 is 2.82 bits per heavy atom. The number of nitrogens with two attached hydrogens (primary N) is 1. The van der Waals surface area contributed by atoms with Gasteiger partial charge in [0, 0.05) is 0 Å². The molecule has 4 nitrogen and oxygen atoms in total. The molecule has 1 rings (SSSR count). The molecule has 0 fully saturated rings. The fourth-order valence-electron chi connectivity index (χ4n) is 0.830. The first-order valence-corrected chi connectivity index (χ1v) is 3.06. The van der Waals surface area contributed by atoms with E-state index in [1.165, 1.54) is 6.08 Å². The monoisotopic (exact) mass is 153 g/mol. The molecule has 1 unspecified atom stereocenters. The number of hydrogen-bond acceptors (Lipinski definition) is 3. The second-order valence-electron chi connectivity index (χ2n) is 2.36. The van der Waals surface area contributed by atoms with Gasteiger partial charge in [-0.15, -0.1) is 0 Å². The van der Waals surface area contributed by atoms with Crippen LogP contribution in [0.1, 0.15) is 0 Å². The van der Waals surface area contributed by atoms with E-state index in [1.54, 1.807) is 12.3 Å². The maximum atomic E-state index is 10.5. The molecule has 1 aliphatic rings. The third-order valence-electron chi connectivity index (χ3n) is 1.41. The normalized spacial score (nSPS) is 29.1. The summed E-state index contributed by atoms with van der Waals surface area (Å²) in [6, 6.07) is 0. The van der Waals surface area contributed by atoms with E-state index in [9.17, 15) is 4.79 Å². The molecule has 0 aliphatic carbocycles. The van der Waals surface area contributed by atoms with Crippen LogP contribution < -0.4 is 11.1 Å². The van der Waals surface area contributed by atoms with Crippen LogP contribution in [0.3, 0.4) is 0 Å². The van der Waals surface area contributed by atoms with Gasteiger partial charge < -0.3 is 16.2 Å². The van der Waals surface area contributed by atoms with Crippen molar-refractivity contribution in [1.82, 2.24) is 5.32 Å². The van der Waals surface area contributed by atoms with E-state index >= 15 is 0 Å². The van der Waals surface area contributed by atoms with Crippen LogP contribution in [-0.2, 0) is 4.79 Å². The number of carboxylic acid groups (broad SMARTS) is 1. The Morgan fingerprint density at radius 1 is 1.82 bits per heavy atom. The number of nitrogens with one attached hydrogen (secondary N) is 1. The summed E-state index contributed by atoms with van der Waals surface area (Å²) in [7, 11) is 0. The van der Waals surface area contributed by atoms with Gasteiger partial charge in [-0.25, -0.2) is 4.79 Å². The molecule has 1 radical (unpaired) electrons. The zero-order valence-electron chi connectivity index (χ0n) is 5.87. The van der Waals surface area contributed by atoms with Gasteiger partial charge in [0.05, 0.1) is 5.57 Å². The summed E-state index contributed by atoms with van der Waals surface area (Å²) in [5.74, 6) is -1.06. The highest BCUT2D eigenvalue weighted by Crippen LogP contribution is 2.13. The summed E-state index contributed by atoms with van der Waals surface area (Å²) in [5, 5.41) is 11.2. The highest BCUT2D eigenvalue weighted by atomic mass is 16.4. The summed E-state index contributed by atoms with van der Waals surface area (Å²) in [6.07, 6.45) is 4.55. The number of hydrogen-bond donors (Lipinski definition) is 3. The minimum atomic E-state index is -1.21. The molecular formula is C7H9N2O2. The molecule has 0 spiro atoms. The predicted molar refractivity (Wildman–Crippen MR) is 40.3 cm³/mol. The molecule has 0 amide bonds. The molecule has 1 atom stereocenters. The molecular weight excluding hydrogens is 144 g/mol. The average Bonchev–Trinajstić information content (AvgIpc) is 1.85. The van der Waals surface area contributed by atoms with Crippen molar-refractivity contribution in [2.45, 2.75) is 5.66 Å². The van der Waals surface area contributed by atoms with Crippen LogP contribution in [0.4, 0.5) is 0 Å². The van der Waals surface area contributed by atoms with Crippen molar-refractivity contribution in [1.29, 1.82) is 0 Å². The van der Waals surface area contributed by atoms with Crippen LogP contribution in [0.15, 0.2) is 23.9 Å². The van der Waals surface area contributed by atoms with Gasteiger partial charge in [0.15, 0.2) is 0 Å². The average molecular weight is 153 g/mol. The highest BCUT2D eigenvalue weighted by molar-refractivity contribution is 5.90. The van der Waals surface area contributed by atoms with Crippen molar-refractivity contribution in [2.75, 3.05) is 0 Å². The topological polar surface area (TPSA) is 75.3 Å². The van der Waals surface area contributed by atoms with E-state index in [4.69, 9.17) is 10.8 Å². The lowest BCUT2D eigenvalue weighted by Crippen LogP contribution is -2.53. The van der Waals surface area contributed by atoms with Crippen LogP contribution in [0, 0.1) is 6.92 Å². The lowest BCUT2D eigenvalue weighted by Gasteiger charge is -2.27. The summed E-state index contributed by atoms with van der Waals surface area (Å²) in [5.41, 5.74) is 4.35. The number of dihydropyridines is 1. The summed E-state index contributed by atoms with van der Waals surface area (Å²) in [6.45, 7) is 3.50. The summed E-state index contributed by atoms with van der Waals surface area (Å²) in [4.78, 5) is 10.5. The molecule has 4 heteroatoms. The Bertz CT molecular complexity index is 241. The Balaban J connectivity index is 2.97. The van der Waals surface area contributed by atoms with Gasteiger partial charge in [0.2, 0.25) is 0 Å². The van der Waals surface area contributed by atoms with E-state index in [0.29, 0.717) is 0 Å². The van der Waals surface area contributed by atoms with Crippen molar-refractivity contribution in [3.05, 3.63) is 30.8 Å². The maximum Gasteiger partial charge on any atom is 0.335 e. The van der Waals surface area contributed by atoms with Gasteiger partial charge in [-0.1, -0.05) is 0 Å². The van der Waals surface area contributed by atoms with E-state index in [-0.39, 0.29) is 5.57 Å². The first-order chi connectivity index (χ1) is 5.04. The minimum absolute atomic E-state index is 0.0556. The van der Waals surface area contributed by atoms with Crippen molar-refractivity contribution in [3.63, 3.8) is 0 Å². The van der Waals surface area contributed by atoms with Gasteiger partial charge in [0.25, 0.3) is 0 Å². The Kier molecular flexibility index (Phi) is 1.70. The molecule has 1 heterocycles. The van der Waals surface area contributed by atoms with E-state index in [1.807, 2.05) is 0 Å². The molecule has 0 bridgehead atoms. The SMILES string of the molecule is [CH2]C1(N)NC=CC=C1C(=O)O. The maximum absolute atomic E-state index is 10.5. The smallest absolute Gasteiger partial charge is 0.335 e. The zero-order chi connectivity index (χ0) is 8.48. The first kappa shape index (κ1) is 7.81.